The predicted molar refractivity (Wildman–Crippen MR) is 48.5 cm³/mol. The van der Waals surface area contributed by atoms with Crippen LogP contribution in [-0.2, 0) is 10.0 Å². The minimum absolute atomic E-state index is 0.110. The van der Waals surface area contributed by atoms with Crippen molar-refractivity contribution in [2.24, 2.45) is 0 Å². The molecule has 12 heavy (non-hydrogen) atoms. The van der Waals surface area contributed by atoms with Crippen molar-refractivity contribution in [3.05, 3.63) is 0 Å². The van der Waals surface area contributed by atoms with E-state index in [-0.39, 0.29) is 6.04 Å². The van der Waals surface area contributed by atoms with E-state index in [0.717, 1.165) is 13.1 Å². The van der Waals surface area contributed by atoms with Crippen LogP contribution in [0.2, 0.25) is 0 Å². The van der Waals surface area contributed by atoms with Crippen molar-refractivity contribution in [1.29, 1.82) is 0 Å². The molecular weight excluding hydrogens is 176 g/mol. The summed E-state index contributed by atoms with van der Waals surface area (Å²) in [5.41, 5.74) is 0. The lowest BCUT2D eigenvalue weighted by molar-refractivity contribution is 0.171. The smallest absolute Gasteiger partial charge is 0.211 e. The molecule has 1 atom stereocenters. The Balaban J connectivity index is 2.69. The molecule has 0 aromatic heterocycles. The zero-order valence-corrected chi connectivity index (χ0v) is 8.63. The summed E-state index contributed by atoms with van der Waals surface area (Å²) in [5, 5.41) is 0. The van der Waals surface area contributed by atoms with Gasteiger partial charge in [-0.1, -0.05) is 0 Å². The number of hydrogen-bond acceptors (Lipinski definition) is 3. The SMILES string of the molecule is C[C@H]1CN(C)CCN1S(C)(=O)=O. The van der Waals surface area contributed by atoms with Crippen molar-refractivity contribution in [2.45, 2.75) is 13.0 Å². The molecule has 0 aromatic carbocycles. The molecule has 0 saturated carbocycles. The summed E-state index contributed by atoms with van der Waals surface area (Å²) in [7, 11) is -0.982. The third kappa shape index (κ3) is 2.18. The summed E-state index contributed by atoms with van der Waals surface area (Å²) in [6.45, 7) is 4.22. The fourth-order valence-corrected chi connectivity index (χ4v) is 2.75. The Labute approximate surface area is 74.2 Å². The van der Waals surface area contributed by atoms with Crippen LogP contribution in [0.4, 0.5) is 0 Å². The van der Waals surface area contributed by atoms with Gasteiger partial charge in [-0.15, -0.1) is 0 Å². The lowest BCUT2D eigenvalue weighted by Crippen LogP contribution is -2.52. The van der Waals surface area contributed by atoms with Crippen molar-refractivity contribution in [3.8, 4) is 0 Å². The monoisotopic (exact) mass is 192 g/mol. The first-order valence-electron chi connectivity index (χ1n) is 4.06. The fraction of sp³-hybridized carbons (Fsp3) is 1.00. The first kappa shape index (κ1) is 9.95. The zero-order valence-electron chi connectivity index (χ0n) is 7.82. The number of hydrogen-bond donors (Lipinski definition) is 0. The molecule has 0 radical (unpaired) electrons. The standard InChI is InChI=1S/C7H16N2O2S/c1-7-6-8(2)4-5-9(7)12(3,10)11/h7H,4-6H2,1-3H3/t7-/m0/s1. The second-order valence-corrected chi connectivity index (χ2v) is 5.42. The number of sulfonamides is 1. The first-order chi connectivity index (χ1) is 5.41. The van der Waals surface area contributed by atoms with E-state index in [1.54, 1.807) is 4.31 Å². The summed E-state index contributed by atoms with van der Waals surface area (Å²) in [5.74, 6) is 0. The van der Waals surface area contributed by atoms with Crippen LogP contribution < -0.4 is 0 Å². The van der Waals surface area contributed by atoms with E-state index in [2.05, 4.69) is 4.90 Å². The number of rotatable bonds is 1. The van der Waals surface area contributed by atoms with E-state index in [1.807, 2.05) is 14.0 Å². The predicted octanol–water partition coefficient (Wildman–Crippen LogP) is -0.418. The highest BCUT2D eigenvalue weighted by Crippen LogP contribution is 2.11. The lowest BCUT2D eigenvalue weighted by Gasteiger charge is -2.36. The van der Waals surface area contributed by atoms with Gasteiger partial charge in [-0.2, -0.15) is 4.31 Å². The highest BCUT2D eigenvalue weighted by atomic mass is 32.2. The first-order valence-corrected chi connectivity index (χ1v) is 5.91. The van der Waals surface area contributed by atoms with Gasteiger partial charge in [0.25, 0.3) is 0 Å². The summed E-state index contributed by atoms with van der Waals surface area (Å²) >= 11 is 0. The minimum atomic E-state index is -2.99. The fourth-order valence-electron chi connectivity index (χ4n) is 1.62. The number of likely N-dealkylation sites (N-methyl/N-ethyl adjacent to an activating group) is 1. The van der Waals surface area contributed by atoms with Gasteiger partial charge < -0.3 is 4.90 Å². The number of piperazine rings is 1. The number of nitrogens with zero attached hydrogens (tertiary/aromatic N) is 2. The summed E-state index contributed by atoms with van der Waals surface area (Å²) in [6.07, 6.45) is 1.27. The van der Waals surface area contributed by atoms with E-state index in [9.17, 15) is 8.42 Å². The Hall–Kier alpha value is -0.130. The summed E-state index contributed by atoms with van der Waals surface area (Å²) < 4.78 is 24.0. The van der Waals surface area contributed by atoms with Crippen LogP contribution in [0.15, 0.2) is 0 Å². The van der Waals surface area contributed by atoms with Crippen LogP contribution in [0.25, 0.3) is 0 Å². The molecule has 5 heteroatoms. The van der Waals surface area contributed by atoms with Crippen LogP contribution in [-0.4, -0.2) is 56.6 Å². The quantitative estimate of drug-likeness (QED) is 0.566. The summed E-state index contributed by atoms with van der Waals surface area (Å²) in [4.78, 5) is 2.15. The molecule has 0 spiro atoms. The molecule has 1 heterocycles. The van der Waals surface area contributed by atoms with Crippen molar-refractivity contribution in [1.82, 2.24) is 9.21 Å². The molecule has 1 rings (SSSR count). The molecular formula is C7H16N2O2S. The highest BCUT2D eigenvalue weighted by molar-refractivity contribution is 7.88. The van der Waals surface area contributed by atoms with Crippen LogP contribution in [0, 0.1) is 0 Å². The highest BCUT2D eigenvalue weighted by Gasteiger charge is 2.27. The molecule has 0 N–H and O–H groups in total. The average molecular weight is 192 g/mol. The molecule has 1 fully saturated rings. The maximum atomic E-state index is 11.2. The molecule has 1 saturated heterocycles. The second kappa shape index (κ2) is 3.32. The van der Waals surface area contributed by atoms with E-state index < -0.39 is 10.0 Å². The lowest BCUT2D eigenvalue weighted by atomic mass is 10.2. The molecule has 0 unspecified atom stereocenters. The Morgan fingerprint density at radius 2 is 1.92 bits per heavy atom. The minimum Gasteiger partial charge on any atom is -0.303 e. The zero-order chi connectivity index (χ0) is 9.35. The van der Waals surface area contributed by atoms with Crippen LogP contribution >= 0.6 is 0 Å². The van der Waals surface area contributed by atoms with E-state index in [0.29, 0.717) is 6.54 Å². The van der Waals surface area contributed by atoms with Gasteiger partial charge in [-0.05, 0) is 14.0 Å². The molecule has 1 aliphatic rings. The van der Waals surface area contributed by atoms with E-state index in [4.69, 9.17) is 0 Å². The average Bonchev–Trinajstić information content (AvgIpc) is 1.83. The molecule has 0 amide bonds. The van der Waals surface area contributed by atoms with E-state index in [1.165, 1.54) is 6.26 Å². The molecule has 0 aromatic rings. The summed E-state index contributed by atoms with van der Waals surface area (Å²) in [6, 6.07) is 0.110. The van der Waals surface area contributed by atoms with Crippen LogP contribution in [0.3, 0.4) is 0 Å². The van der Waals surface area contributed by atoms with Crippen LogP contribution in [0.1, 0.15) is 6.92 Å². The second-order valence-electron chi connectivity index (χ2n) is 3.48. The van der Waals surface area contributed by atoms with Gasteiger partial charge in [0.05, 0.1) is 6.26 Å². The molecule has 72 valence electrons. The van der Waals surface area contributed by atoms with Crippen molar-refractivity contribution in [3.63, 3.8) is 0 Å². The van der Waals surface area contributed by atoms with Gasteiger partial charge in [0.15, 0.2) is 0 Å². The molecule has 1 aliphatic heterocycles. The Morgan fingerprint density at radius 3 is 2.33 bits per heavy atom. The maximum Gasteiger partial charge on any atom is 0.211 e. The van der Waals surface area contributed by atoms with Gasteiger partial charge in [-0.3, -0.25) is 0 Å². The van der Waals surface area contributed by atoms with Crippen molar-refractivity contribution in [2.75, 3.05) is 32.9 Å². The third-order valence-electron chi connectivity index (χ3n) is 2.20. The molecule has 4 nitrogen and oxygen atoms in total. The van der Waals surface area contributed by atoms with Gasteiger partial charge >= 0.3 is 0 Å². The van der Waals surface area contributed by atoms with Gasteiger partial charge in [-0.25, -0.2) is 8.42 Å². The van der Waals surface area contributed by atoms with Gasteiger partial charge in [0.1, 0.15) is 0 Å². The Bertz CT molecular complexity index is 250. The van der Waals surface area contributed by atoms with Crippen molar-refractivity contribution < 1.29 is 8.42 Å². The molecule has 0 aliphatic carbocycles. The normalized spacial score (nSPS) is 29.1. The third-order valence-corrected chi connectivity index (χ3v) is 3.59. The Morgan fingerprint density at radius 1 is 1.33 bits per heavy atom. The Kier molecular flexibility index (Phi) is 2.75. The van der Waals surface area contributed by atoms with Crippen LogP contribution in [0.5, 0.6) is 0 Å². The maximum absolute atomic E-state index is 11.2. The largest absolute Gasteiger partial charge is 0.303 e. The van der Waals surface area contributed by atoms with Gasteiger partial charge in [0.2, 0.25) is 10.0 Å². The topological polar surface area (TPSA) is 40.6 Å². The van der Waals surface area contributed by atoms with E-state index >= 15 is 0 Å². The molecule has 0 bridgehead atoms. The van der Waals surface area contributed by atoms with Gasteiger partial charge in [0, 0.05) is 25.7 Å². The van der Waals surface area contributed by atoms with Crippen molar-refractivity contribution >= 4 is 10.0 Å².